The first-order valence-electron chi connectivity index (χ1n) is 6.18. The van der Waals surface area contributed by atoms with Crippen molar-refractivity contribution >= 4 is 16.0 Å². The molecule has 0 bridgehead atoms. The summed E-state index contributed by atoms with van der Waals surface area (Å²) in [6.45, 7) is 3.45. The molecule has 7 heteroatoms. The van der Waals surface area contributed by atoms with Gasteiger partial charge in [-0.05, 0) is 19.4 Å². The fourth-order valence-corrected chi connectivity index (χ4v) is 3.11. The van der Waals surface area contributed by atoms with Gasteiger partial charge in [-0.3, -0.25) is 0 Å². The molecule has 6 nitrogen and oxygen atoms in total. The summed E-state index contributed by atoms with van der Waals surface area (Å²) in [7, 11) is -3.82. The van der Waals surface area contributed by atoms with Gasteiger partial charge < -0.3 is 9.52 Å². The Balaban J connectivity index is 2.21. The van der Waals surface area contributed by atoms with Gasteiger partial charge in [-0.1, -0.05) is 29.8 Å². The summed E-state index contributed by atoms with van der Waals surface area (Å²) in [5.74, 6) is -1.66. The number of nitrogens with one attached hydrogen (secondary N) is 1. The number of carboxylic acids is 1. The van der Waals surface area contributed by atoms with Crippen molar-refractivity contribution in [3.05, 3.63) is 53.0 Å². The standard InChI is InChI=1S/C14H15NO5S/c1-9-4-3-5-11(6-9)8-15-21(18,19)13-7-12(14(16)17)20-10(13)2/h3-7,15H,8H2,1-2H3,(H,16,17). The molecule has 0 amide bonds. The highest BCUT2D eigenvalue weighted by atomic mass is 32.2. The van der Waals surface area contributed by atoms with Gasteiger partial charge in [0.15, 0.2) is 0 Å². The van der Waals surface area contributed by atoms with Gasteiger partial charge in [0.1, 0.15) is 10.7 Å². The van der Waals surface area contributed by atoms with Crippen molar-refractivity contribution in [2.45, 2.75) is 25.3 Å². The molecule has 0 saturated heterocycles. The summed E-state index contributed by atoms with van der Waals surface area (Å²) >= 11 is 0. The zero-order valence-corrected chi connectivity index (χ0v) is 12.4. The van der Waals surface area contributed by atoms with E-state index in [0.29, 0.717) is 0 Å². The van der Waals surface area contributed by atoms with E-state index in [-0.39, 0.29) is 17.2 Å². The molecule has 0 spiro atoms. The number of aryl methyl sites for hydroxylation is 2. The lowest BCUT2D eigenvalue weighted by Gasteiger charge is -2.06. The van der Waals surface area contributed by atoms with Crippen LogP contribution in [-0.4, -0.2) is 19.5 Å². The third kappa shape index (κ3) is 3.50. The van der Waals surface area contributed by atoms with Crippen LogP contribution >= 0.6 is 0 Å². The van der Waals surface area contributed by atoms with E-state index in [9.17, 15) is 13.2 Å². The predicted molar refractivity (Wildman–Crippen MR) is 75.6 cm³/mol. The van der Waals surface area contributed by atoms with Crippen molar-refractivity contribution < 1.29 is 22.7 Å². The van der Waals surface area contributed by atoms with E-state index in [1.165, 1.54) is 6.92 Å². The maximum atomic E-state index is 12.2. The second-order valence-corrected chi connectivity index (χ2v) is 6.39. The minimum atomic E-state index is -3.82. The summed E-state index contributed by atoms with van der Waals surface area (Å²) in [4.78, 5) is 10.6. The molecular formula is C14H15NO5S. The molecule has 0 aliphatic carbocycles. The molecular weight excluding hydrogens is 294 g/mol. The minimum absolute atomic E-state index is 0.0455. The molecule has 0 aliphatic rings. The summed E-state index contributed by atoms with van der Waals surface area (Å²) in [6.07, 6.45) is 0. The van der Waals surface area contributed by atoms with E-state index in [1.54, 1.807) is 6.07 Å². The van der Waals surface area contributed by atoms with Crippen LogP contribution in [0, 0.1) is 13.8 Å². The fourth-order valence-electron chi connectivity index (χ4n) is 1.92. The molecule has 2 rings (SSSR count). The van der Waals surface area contributed by atoms with Crippen LogP contribution in [0.3, 0.4) is 0 Å². The molecule has 0 atom stereocenters. The first-order chi connectivity index (χ1) is 9.79. The number of carbonyl (C=O) groups is 1. The highest BCUT2D eigenvalue weighted by molar-refractivity contribution is 7.89. The van der Waals surface area contributed by atoms with Crippen molar-refractivity contribution in [3.63, 3.8) is 0 Å². The highest BCUT2D eigenvalue weighted by Gasteiger charge is 2.23. The topological polar surface area (TPSA) is 96.6 Å². The molecule has 0 radical (unpaired) electrons. The maximum absolute atomic E-state index is 12.2. The van der Waals surface area contributed by atoms with Gasteiger partial charge in [0.25, 0.3) is 0 Å². The minimum Gasteiger partial charge on any atom is -0.475 e. The third-order valence-electron chi connectivity index (χ3n) is 2.92. The third-order valence-corrected chi connectivity index (χ3v) is 4.43. The predicted octanol–water partition coefficient (Wildman–Crippen LogP) is 2.07. The van der Waals surface area contributed by atoms with E-state index < -0.39 is 21.8 Å². The van der Waals surface area contributed by atoms with Crippen LogP contribution in [0.1, 0.15) is 27.4 Å². The number of hydrogen-bond donors (Lipinski definition) is 2. The molecule has 2 N–H and O–H groups in total. The van der Waals surface area contributed by atoms with E-state index >= 15 is 0 Å². The second-order valence-electron chi connectivity index (χ2n) is 4.65. The van der Waals surface area contributed by atoms with Crippen LogP contribution in [0.5, 0.6) is 0 Å². The first-order valence-corrected chi connectivity index (χ1v) is 7.67. The number of furan rings is 1. The molecule has 0 aliphatic heterocycles. The Labute approximate surface area is 122 Å². The number of hydrogen-bond acceptors (Lipinski definition) is 4. The normalized spacial score (nSPS) is 11.5. The van der Waals surface area contributed by atoms with Crippen molar-refractivity contribution in [1.82, 2.24) is 4.72 Å². The molecule has 1 heterocycles. The van der Waals surface area contributed by atoms with Crippen LogP contribution in [0.25, 0.3) is 0 Å². The summed E-state index contributed by atoms with van der Waals surface area (Å²) in [5, 5.41) is 8.82. The lowest BCUT2D eigenvalue weighted by Crippen LogP contribution is -2.23. The fraction of sp³-hybridized carbons (Fsp3) is 0.214. The molecule has 1 aromatic heterocycles. The van der Waals surface area contributed by atoms with Gasteiger partial charge in [0.2, 0.25) is 15.8 Å². The van der Waals surface area contributed by atoms with Crippen LogP contribution in [0.15, 0.2) is 39.6 Å². The van der Waals surface area contributed by atoms with Crippen molar-refractivity contribution in [3.8, 4) is 0 Å². The number of benzene rings is 1. The number of carboxylic acid groups (broad SMARTS) is 1. The lowest BCUT2D eigenvalue weighted by atomic mass is 10.1. The van der Waals surface area contributed by atoms with E-state index in [0.717, 1.165) is 17.2 Å². The van der Waals surface area contributed by atoms with E-state index in [1.807, 2.05) is 25.1 Å². The molecule has 0 saturated carbocycles. The second kappa shape index (κ2) is 5.71. The molecule has 2 aromatic rings. The van der Waals surface area contributed by atoms with Crippen LogP contribution in [0.4, 0.5) is 0 Å². The Morgan fingerprint density at radius 2 is 2.00 bits per heavy atom. The largest absolute Gasteiger partial charge is 0.475 e. The first kappa shape index (κ1) is 15.3. The highest BCUT2D eigenvalue weighted by Crippen LogP contribution is 2.20. The Hall–Kier alpha value is -2.12. The molecule has 0 fully saturated rings. The van der Waals surface area contributed by atoms with Crippen LogP contribution in [-0.2, 0) is 16.6 Å². The van der Waals surface area contributed by atoms with Crippen LogP contribution in [0.2, 0.25) is 0 Å². The lowest BCUT2D eigenvalue weighted by molar-refractivity contribution is 0.0661. The SMILES string of the molecule is Cc1cccc(CNS(=O)(=O)c2cc(C(=O)O)oc2C)c1. The number of rotatable bonds is 5. The van der Waals surface area contributed by atoms with E-state index in [4.69, 9.17) is 9.52 Å². The van der Waals surface area contributed by atoms with Gasteiger partial charge in [0, 0.05) is 12.6 Å². The number of sulfonamides is 1. The average molecular weight is 309 g/mol. The van der Waals surface area contributed by atoms with Crippen molar-refractivity contribution in [2.75, 3.05) is 0 Å². The Morgan fingerprint density at radius 3 is 2.57 bits per heavy atom. The summed E-state index contributed by atoms with van der Waals surface area (Å²) < 4.78 is 31.7. The Morgan fingerprint density at radius 1 is 1.29 bits per heavy atom. The number of aromatic carboxylic acids is 1. The molecule has 112 valence electrons. The van der Waals surface area contributed by atoms with Gasteiger partial charge in [-0.2, -0.15) is 0 Å². The monoisotopic (exact) mass is 309 g/mol. The van der Waals surface area contributed by atoms with Gasteiger partial charge in [0.05, 0.1) is 0 Å². The molecule has 21 heavy (non-hydrogen) atoms. The quantitative estimate of drug-likeness (QED) is 0.881. The summed E-state index contributed by atoms with van der Waals surface area (Å²) in [5.41, 5.74) is 1.84. The van der Waals surface area contributed by atoms with Gasteiger partial charge >= 0.3 is 5.97 Å². The van der Waals surface area contributed by atoms with E-state index in [2.05, 4.69) is 4.72 Å². The van der Waals surface area contributed by atoms with Gasteiger partial charge in [-0.15, -0.1) is 0 Å². The maximum Gasteiger partial charge on any atom is 0.371 e. The van der Waals surface area contributed by atoms with Gasteiger partial charge in [-0.25, -0.2) is 17.9 Å². The zero-order chi connectivity index (χ0) is 15.6. The van der Waals surface area contributed by atoms with Crippen LogP contribution < -0.4 is 4.72 Å². The molecule has 0 unspecified atom stereocenters. The molecule has 1 aromatic carbocycles. The smallest absolute Gasteiger partial charge is 0.371 e. The van der Waals surface area contributed by atoms with Crippen molar-refractivity contribution in [1.29, 1.82) is 0 Å². The Kier molecular flexibility index (Phi) is 4.15. The Bertz CT molecular complexity index is 776. The summed E-state index contributed by atoms with van der Waals surface area (Å²) in [6, 6.07) is 8.44. The van der Waals surface area contributed by atoms with Crippen molar-refractivity contribution in [2.24, 2.45) is 0 Å². The average Bonchev–Trinajstić information content (AvgIpc) is 2.80. The zero-order valence-electron chi connectivity index (χ0n) is 11.6.